The topological polar surface area (TPSA) is 102 Å². The van der Waals surface area contributed by atoms with Crippen molar-refractivity contribution in [3.8, 4) is 5.75 Å². The van der Waals surface area contributed by atoms with E-state index in [1.807, 2.05) is 48.5 Å². The minimum absolute atomic E-state index is 0.190. The SMILES string of the molecule is CO/N=C1\CCCCN1c1ccc(NC(=O)C(CC(C)C)Oc2ccc3ccnc(N)c3c2)cc1. The predicted octanol–water partition coefficient (Wildman–Crippen LogP) is 5.20. The highest BCUT2D eigenvalue weighted by Crippen LogP contribution is 2.27. The molecule has 8 nitrogen and oxygen atoms in total. The Labute approximate surface area is 206 Å². The van der Waals surface area contributed by atoms with Gasteiger partial charge in [-0.15, -0.1) is 0 Å². The van der Waals surface area contributed by atoms with Crippen LogP contribution in [0.1, 0.15) is 39.5 Å². The van der Waals surface area contributed by atoms with Gasteiger partial charge in [0.2, 0.25) is 0 Å². The van der Waals surface area contributed by atoms with Crippen LogP contribution < -0.4 is 20.7 Å². The summed E-state index contributed by atoms with van der Waals surface area (Å²) in [6.45, 7) is 5.03. The first-order chi connectivity index (χ1) is 16.9. The Hall–Kier alpha value is -3.81. The number of carbonyl (C=O) groups is 1. The van der Waals surface area contributed by atoms with Gasteiger partial charge in [-0.2, -0.15) is 0 Å². The molecule has 1 saturated heterocycles. The molecule has 1 atom stereocenters. The maximum Gasteiger partial charge on any atom is 0.265 e. The van der Waals surface area contributed by atoms with Gasteiger partial charge in [0, 0.05) is 35.9 Å². The van der Waals surface area contributed by atoms with Crippen LogP contribution in [0.3, 0.4) is 0 Å². The quantitative estimate of drug-likeness (QED) is 0.434. The fourth-order valence-electron chi connectivity index (χ4n) is 4.29. The van der Waals surface area contributed by atoms with Crippen molar-refractivity contribution in [3.05, 3.63) is 54.7 Å². The highest BCUT2D eigenvalue weighted by atomic mass is 16.6. The number of hydrogen-bond acceptors (Lipinski definition) is 6. The molecule has 4 rings (SSSR count). The van der Waals surface area contributed by atoms with Crippen molar-refractivity contribution in [1.29, 1.82) is 0 Å². The summed E-state index contributed by atoms with van der Waals surface area (Å²) >= 11 is 0. The zero-order chi connectivity index (χ0) is 24.8. The van der Waals surface area contributed by atoms with E-state index in [9.17, 15) is 4.79 Å². The summed E-state index contributed by atoms with van der Waals surface area (Å²) in [5.41, 5.74) is 7.76. The minimum atomic E-state index is -0.646. The molecule has 1 amide bonds. The number of nitrogens with zero attached hydrogens (tertiary/aromatic N) is 3. The number of nitrogens with one attached hydrogen (secondary N) is 1. The monoisotopic (exact) mass is 475 g/mol. The number of fused-ring (bicyclic) bond motifs is 1. The van der Waals surface area contributed by atoms with Crippen molar-refractivity contribution in [3.63, 3.8) is 0 Å². The van der Waals surface area contributed by atoms with Gasteiger partial charge in [0.25, 0.3) is 5.91 Å². The van der Waals surface area contributed by atoms with Crippen molar-refractivity contribution in [2.24, 2.45) is 11.1 Å². The number of piperidine rings is 1. The highest BCUT2D eigenvalue weighted by molar-refractivity contribution is 5.99. The van der Waals surface area contributed by atoms with Crippen molar-refractivity contribution in [1.82, 2.24) is 4.98 Å². The van der Waals surface area contributed by atoms with Crippen LogP contribution in [0.4, 0.5) is 17.2 Å². The number of aromatic nitrogens is 1. The number of ether oxygens (including phenoxy) is 1. The third kappa shape index (κ3) is 6.01. The lowest BCUT2D eigenvalue weighted by Crippen LogP contribution is -2.35. The van der Waals surface area contributed by atoms with E-state index in [0.717, 1.165) is 48.1 Å². The lowest BCUT2D eigenvalue weighted by Gasteiger charge is -2.29. The van der Waals surface area contributed by atoms with Gasteiger partial charge in [0.05, 0.1) is 0 Å². The summed E-state index contributed by atoms with van der Waals surface area (Å²) in [6, 6.07) is 15.3. The zero-order valence-electron chi connectivity index (χ0n) is 20.5. The summed E-state index contributed by atoms with van der Waals surface area (Å²) in [7, 11) is 1.57. The van der Waals surface area contributed by atoms with Crippen LogP contribution in [0, 0.1) is 5.92 Å². The van der Waals surface area contributed by atoms with Crippen LogP contribution in [0.15, 0.2) is 59.9 Å². The maximum absolute atomic E-state index is 13.2. The van der Waals surface area contributed by atoms with Gasteiger partial charge >= 0.3 is 0 Å². The molecule has 3 aromatic rings. The standard InChI is InChI=1S/C27H33N5O3/c1-18(2)16-24(35-22-12-7-19-13-14-29-26(28)23(19)17-22)27(33)30-20-8-10-21(11-9-20)32-15-5-4-6-25(32)31-34-3/h7-14,17-18,24H,4-6,15-16H2,1-3H3,(H2,28,29)(H,30,33)/b31-25+. The molecule has 1 aliphatic rings. The fraction of sp³-hybridized carbons (Fsp3) is 0.370. The third-order valence-corrected chi connectivity index (χ3v) is 6.01. The number of anilines is 3. The normalized spacial score (nSPS) is 15.9. The third-order valence-electron chi connectivity index (χ3n) is 6.01. The molecular formula is C27H33N5O3. The maximum atomic E-state index is 13.2. The minimum Gasteiger partial charge on any atom is -0.481 e. The second-order valence-corrected chi connectivity index (χ2v) is 9.15. The number of hydrogen-bond donors (Lipinski definition) is 2. The van der Waals surface area contributed by atoms with Crippen LogP contribution in [-0.4, -0.2) is 36.5 Å². The molecule has 35 heavy (non-hydrogen) atoms. The van der Waals surface area contributed by atoms with Gasteiger partial charge in [-0.05, 0) is 73.0 Å². The number of rotatable bonds is 8. The van der Waals surface area contributed by atoms with Gasteiger partial charge in [-0.25, -0.2) is 4.98 Å². The molecule has 0 aliphatic carbocycles. The lowest BCUT2D eigenvalue weighted by atomic mass is 10.0. The number of amidine groups is 1. The molecule has 0 bridgehead atoms. The molecule has 2 heterocycles. The molecule has 184 valence electrons. The Bertz CT molecular complexity index is 1190. The van der Waals surface area contributed by atoms with Gasteiger partial charge < -0.3 is 25.5 Å². The van der Waals surface area contributed by atoms with E-state index < -0.39 is 6.10 Å². The molecule has 8 heteroatoms. The van der Waals surface area contributed by atoms with Crippen LogP contribution in [0.25, 0.3) is 10.8 Å². The first kappa shape index (κ1) is 24.3. The first-order valence-corrected chi connectivity index (χ1v) is 12.0. The van der Waals surface area contributed by atoms with E-state index >= 15 is 0 Å². The van der Waals surface area contributed by atoms with Crippen molar-refractivity contribution in [2.45, 2.75) is 45.6 Å². The molecule has 1 unspecified atom stereocenters. The zero-order valence-corrected chi connectivity index (χ0v) is 20.5. The van der Waals surface area contributed by atoms with E-state index in [1.54, 1.807) is 13.3 Å². The van der Waals surface area contributed by atoms with Crippen LogP contribution in [0.2, 0.25) is 0 Å². The number of benzene rings is 2. The van der Waals surface area contributed by atoms with Crippen LogP contribution in [0.5, 0.6) is 5.75 Å². The molecule has 3 N–H and O–H groups in total. The average molecular weight is 476 g/mol. The first-order valence-electron chi connectivity index (χ1n) is 12.0. The Balaban J connectivity index is 1.47. The van der Waals surface area contributed by atoms with E-state index in [0.29, 0.717) is 23.7 Å². The number of carbonyl (C=O) groups excluding carboxylic acids is 1. The fourth-order valence-corrected chi connectivity index (χ4v) is 4.29. The van der Waals surface area contributed by atoms with Gasteiger partial charge in [0.15, 0.2) is 6.10 Å². The van der Waals surface area contributed by atoms with E-state index in [4.69, 9.17) is 15.3 Å². The molecule has 1 aromatic heterocycles. The molecular weight excluding hydrogens is 442 g/mol. The molecule has 1 aliphatic heterocycles. The van der Waals surface area contributed by atoms with E-state index in [2.05, 4.69) is 34.2 Å². The number of nitrogen functional groups attached to an aromatic ring is 1. The van der Waals surface area contributed by atoms with Crippen LogP contribution >= 0.6 is 0 Å². The Morgan fingerprint density at radius 3 is 2.71 bits per heavy atom. The summed E-state index contributed by atoms with van der Waals surface area (Å²) in [5, 5.41) is 8.96. The Kier molecular flexibility index (Phi) is 7.70. The van der Waals surface area contributed by atoms with Gasteiger partial charge in [0.1, 0.15) is 24.5 Å². The molecule has 0 saturated carbocycles. The Morgan fingerprint density at radius 1 is 1.17 bits per heavy atom. The van der Waals surface area contributed by atoms with Crippen molar-refractivity contribution < 1.29 is 14.4 Å². The summed E-state index contributed by atoms with van der Waals surface area (Å²) in [6.07, 6.45) is 4.70. The van der Waals surface area contributed by atoms with Gasteiger partial charge in [-0.3, -0.25) is 4.79 Å². The number of pyridine rings is 1. The largest absolute Gasteiger partial charge is 0.481 e. The van der Waals surface area contributed by atoms with Crippen LogP contribution in [-0.2, 0) is 9.63 Å². The van der Waals surface area contributed by atoms with E-state index in [1.165, 1.54) is 0 Å². The number of nitrogens with two attached hydrogens (primary N) is 1. The smallest absolute Gasteiger partial charge is 0.265 e. The summed E-state index contributed by atoms with van der Waals surface area (Å²) in [5.74, 6) is 2.03. The molecule has 0 radical (unpaired) electrons. The molecule has 0 spiro atoms. The Morgan fingerprint density at radius 2 is 1.97 bits per heavy atom. The van der Waals surface area contributed by atoms with Crippen molar-refractivity contribution >= 4 is 39.7 Å². The van der Waals surface area contributed by atoms with E-state index in [-0.39, 0.29) is 11.8 Å². The second kappa shape index (κ2) is 11.1. The second-order valence-electron chi connectivity index (χ2n) is 9.15. The molecule has 2 aromatic carbocycles. The van der Waals surface area contributed by atoms with Gasteiger partial charge in [-0.1, -0.05) is 25.1 Å². The predicted molar refractivity (Wildman–Crippen MR) is 141 cm³/mol. The summed E-state index contributed by atoms with van der Waals surface area (Å²) in [4.78, 5) is 24.5. The highest BCUT2D eigenvalue weighted by Gasteiger charge is 2.23. The van der Waals surface area contributed by atoms with Crippen molar-refractivity contribution in [2.75, 3.05) is 29.6 Å². The lowest BCUT2D eigenvalue weighted by molar-refractivity contribution is -0.123. The summed E-state index contributed by atoms with van der Waals surface area (Å²) < 4.78 is 6.15. The average Bonchev–Trinajstić information content (AvgIpc) is 2.85. The number of amides is 1. The molecule has 1 fully saturated rings. The number of oxime groups is 1.